The van der Waals surface area contributed by atoms with E-state index in [1.807, 2.05) is 43.3 Å². The summed E-state index contributed by atoms with van der Waals surface area (Å²) >= 11 is 0. The number of ether oxygens (including phenoxy) is 2. The number of aryl methyl sites for hydroxylation is 1. The molecular weight excluding hydrogens is 400 g/mol. The highest BCUT2D eigenvalue weighted by molar-refractivity contribution is 6.01. The topological polar surface area (TPSA) is 63.1 Å². The number of aromatic hydroxyl groups is 1. The molecule has 0 aliphatic carbocycles. The minimum absolute atomic E-state index is 0.120. The first-order chi connectivity index (χ1) is 15.6. The molecule has 0 bridgehead atoms. The number of nitrogens with zero attached hydrogens (tertiary/aromatic N) is 1. The first-order valence-electron chi connectivity index (χ1n) is 11.1. The summed E-state index contributed by atoms with van der Waals surface area (Å²) in [5.41, 5.74) is 5.22. The highest BCUT2D eigenvalue weighted by Crippen LogP contribution is 2.39. The Morgan fingerprint density at radius 2 is 1.81 bits per heavy atom. The Kier molecular flexibility index (Phi) is 6.76. The average molecular weight is 431 g/mol. The van der Waals surface area contributed by atoms with Crippen molar-refractivity contribution in [3.05, 3.63) is 89.0 Å². The summed E-state index contributed by atoms with van der Waals surface area (Å²) in [4.78, 5) is 5.05. The van der Waals surface area contributed by atoms with Crippen molar-refractivity contribution in [1.82, 2.24) is 5.32 Å². The Morgan fingerprint density at radius 3 is 2.53 bits per heavy atom. The van der Waals surface area contributed by atoms with Crippen LogP contribution in [0.25, 0.3) is 0 Å². The fourth-order valence-electron chi connectivity index (χ4n) is 4.09. The maximum absolute atomic E-state index is 10.9. The monoisotopic (exact) mass is 430 g/mol. The van der Waals surface area contributed by atoms with Gasteiger partial charge in [-0.3, -0.25) is 10.3 Å². The zero-order valence-electron chi connectivity index (χ0n) is 18.8. The largest absolute Gasteiger partial charge is 0.504 e. The van der Waals surface area contributed by atoms with Gasteiger partial charge in [0, 0.05) is 23.7 Å². The molecule has 0 saturated heterocycles. The molecule has 5 heteroatoms. The lowest BCUT2D eigenvalue weighted by Gasteiger charge is -2.31. The van der Waals surface area contributed by atoms with Crippen molar-refractivity contribution in [2.75, 3.05) is 13.7 Å². The van der Waals surface area contributed by atoms with E-state index in [2.05, 4.69) is 36.5 Å². The third kappa shape index (κ3) is 4.63. The number of hydrogen-bond acceptors (Lipinski definition) is 5. The SMILES string of the molecule is CCOc1cccc([C@@H]2CC(c3ccc(CC)cc3)=N[C@@H](c3cccc(OC)c3)N2)c1O. The Labute approximate surface area is 189 Å². The van der Waals surface area contributed by atoms with Crippen LogP contribution in [0.3, 0.4) is 0 Å². The van der Waals surface area contributed by atoms with Crippen LogP contribution in [0.2, 0.25) is 0 Å². The number of nitrogens with one attached hydrogen (secondary N) is 1. The number of rotatable bonds is 7. The van der Waals surface area contributed by atoms with Gasteiger partial charge in [-0.25, -0.2) is 0 Å². The lowest BCUT2D eigenvalue weighted by Crippen LogP contribution is -2.33. The Morgan fingerprint density at radius 1 is 1.03 bits per heavy atom. The molecule has 0 unspecified atom stereocenters. The maximum atomic E-state index is 10.9. The smallest absolute Gasteiger partial charge is 0.162 e. The van der Waals surface area contributed by atoms with Crippen LogP contribution in [0.15, 0.2) is 71.7 Å². The molecule has 1 aliphatic heterocycles. The average Bonchev–Trinajstić information content (AvgIpc) is 2.85. The zero-order chi connectivity index (χ0) is 22.5. The Hall–Kier alpha value is -3.31. The van der Waals surface area contributed by atoms with E-state index in [0.29, 0.717) is 18.8 Å². The number of hydrogen-bond donors (Lipinski definition) is 2. The minimum atomic E-state index is -0.264. The van der Waals surface area contributed by atoms with E-state index in [1.165, 1.54) is 5.56 Å². The van der Waals surface area contributed by atoms with Crippen molar-refractivity contribution < 1.29 is 14.6 Å². The number of phenolic OH excluding ortho intramolecular Hbond substituents is 1. The van der Waals surface area contributed by atoms with Gasteiger partial charge in [-0.15, -0.1) is 0 Å². The molecular formula is C27H30N2O3. The van der Waals surface area contributed by atoms with Gasteiger partial charge in [0.15, 0.2) is 11.5 Å². The molecule has 3 aromatic rings. The fraction of sp³-hybridized carbons (Fsp3) is 0.296. The molecule has 4 rings (SSSR count). The van der Waals surface area contributed by atoms with Crippen LogP contribution in [-0.2, 0) is 6.42 Å². The van der Waals surface area contributed by atoms with Gasteiger partial charge in [0.05, 0.1) is 13.7 Å². The molecule has 1 heterocycles. The van der Waals surface area contributed by atoms with Crippen LogP contribution in [0, 0.1) is 0 Å². The van der Waals surface area contributed by atoms with Crippen molar-refractivity contribution >= 4 is 5.71 Å². The fourth-order valence-corrected chi connectivity index (χ4v) is 4.09. The number of benzene rings is 3. The van der Waals surface area contributed by atoms with Crippen molar-refractivity contribution in [2.45, 2.75) is 38.9 Å². The van der Waals surface area contributed by atoms with E-state index in [1.54, 1.807) is 13.2 Å². The van der Waals surface area contributed by atoms with Gasteiger partial charge in [-0.1, -0.05) is 55.5 Å². The molecule has 0 aromatic heterocycles. The molecule has 0 fully saturated rings. The van der Waals surface area contributed by atoms with Gasteiger partial charge in [-0.05, 0) is 48.2 Å². The predicted molar refractivity (Wildman–Crippen MR) is 128 cm³/mol. The third-order valence-electron chi connectivity index (χ3n) is 5.85. The van der Waals surface area contributed by atoms with E-state index in [4.69, 9.17) is 14.5 Å². The van der Waals surface area contributed by atoms with Gasteiger partial charge in [0.25, 0.3) is 0 Å². The Bertz CT molecular complexity index is 1090. The van der Waals surface area contributed by atoms with Crippen LogP contribution in [0.5, 0.6) is 17.2 Å². The standard InChI is InChI=1S/C27H30N2O3/c1-4-18-12-14-19(15-13-18)23-17-24(22-10-7-11-25(26(22)30)32-5-2)29-27(28-23)20-8-6-9-21(16-20)31-3/h6-16,24,27,29-30H,4-5,17H2,1-3H3/t24-,27+/m0/s1. The number of para-hydroxylation sites is 1. The van der Waals surface area contributed by atoms with Crippen LogP contribution >= 0.6 is 0 Å². The third-order valence-corrected chi connectivity index (χ3v) is 5.85. The van der Waals surface area contributed by atoms with Gasteiger partial charge < -0.3 is 14.6 Å². The molecule has 32 heavy (non-hydrogen) atoms. The summed E-state index contributed by atoms with van der Waals surface area (Å²) in [5, 5.41) is 14.5. The summed E-state index contributed by atoms with van der Waals surface area (Å²) in [5.74, 6) is 1.47. The van der Waals surface area contributed by atoms with Gasteiger partial charge in [-0.2, -0.15) is 0 Å². The lowest BCUT2D eigenvalue weighted by molar-refractivity contribution is 0.313. The van der Waals surface area contributed by atoms with E-state index < -0.39 is 0 Å². The van der Waals surface area contributed by atoms with Crippen molar-refractivity contribution in [1.29, 1.82) is 0 Å². The second kappa shape index (κ2) is 9.88. The molecule has 5 nitrogen and oxygen atoms in total. The summed E-state index contributed by atoms with van der Waals surface area (Å²) in [6.07, 6.45) is 1.40. The highest BCUT2D eigenvalue weighted by Gasteiger charge is 2.28. The van der Waals surface area contributed by atoms with Crippen LogP contribution < -0.4 is 14.8 Å². The summed E-state index contributed by atoms with van der Waals surface area (Å²) in [6.45, 7) is 4.56. The van der Waals surface area contributed by atoms with Crippen LogP contribution in [-0.4, -0.2) is 24.5 Å². The molecule has 2 N–H and O–H groups in total. The first-order valence-corrected chi connectivity index (χ1v) is 11.1. The molecule has 166 valence electrons. The van der Waals surface area contributed by atoms with E-state index in [9.17, 15) is 5.11 Å². The summed E-state index contributed by atoms with van der Waals surface area (Å²) < 4.78 is 11.0. The van der Waals surface area contributed by atoms with E-state index in [0.717, 1.165) is 34.6 Å². The number of phenols is 1. The predicted octanol–water partition coefficient (Wildman–Crippen LogP) is 5.58. The minimum Gasteiger partial charge on any atom is -0.504 e. The van der Waals surface area contributed by atoms with Gasteiger partial charge >= 0.3 is 0 Å². The van der Waals surface area contributed by atoms with E-state index >= 15 is 0 Å². The number of methoxy groups -OCH3 is 1. The second-order valence-electron chi connectivity index (χ2n) is 7.86. The van der Waals surface area contributed by atoms with Crippen LogP contribution in [0.4, 0.5) is 0 Å². The Balaban J connectivity index is 1.75. The van der Waals surface area contributed by atoms with Crippen molar-refractivity contribution in [3.8, 4) is 17.2 Å². The quantitative estimate of drug-likeness (QED) is 0.513. The first kappa shape index (κ1) is 21.9. The van der Waals surface area contributed by atoms with Crippen molar-refractivity contribution in [3.63, 3.8) is 0 Å². The lowest BCUT2D eigenvalue weighted by atomic mass is 9.93. The highest BCUT2D eigenvalue weighted by atomic mass is 16.5. The molecule has 0 spiro atoms. The van der Waals surface area contributed by atoms with Crippen molar-refractivity contribution in [2.24, 2.45) is 4.99 Å². The molecule has 2 atom stereocenters. The molecule has 3 aromatic carbocycles. The van der Waals surface area contributed by atoms with Crippen LogP contribution in [0.1, 0.15) is 54.7 Å². The van der Waals surface area contributed by atoms with Gasteiger partial charge in [0.1, 0.15) is 11.9 Å². The summed E-state index contributed by atoms with van der Waals surface area (Å²) in [6, 6.07) is 22.1. The van der Waals surface area contributed by atoms with Gasteiger partial charge in [0.2, 0.25) is 0 Å². The molecule has 0 amide bonds. The molecule has 0 radical (unpaired) electrons. The van der Waals surface area contributed by atoms with E-state index in [-0.39, 0.29) is 18.0 Å². The second-order valence-corrected chi connectivity index (χ2v) is 7.86. The molecule has 1 aliphatic rings. The summed E-state index contributed by atoms with van der Waals surface area (Å²) in [7, 11) is 1.66. The zero-order valence-corrected chi connectivity index (χ0v) is 18.8. The maximum Gasteiger partial charge on any atom is 0.162 e. The number of aliphatic imine (C=N–C) groups is 1. The normalized spacial score (nSPS) is 18.2. The molecule has 0 saturated carbocycles.